The van der Waals surface area contributed by atoms with Gasteiger partial charge in [-0.2, -0.15) is 0 Å². The van der Waals surface area contributed by atoms with E-state index in [0.717, 1.165) is 23.2 Å². The summed E-state index contributed by atoms with van der Waals surface area (Å²) in [4.78, 5) is 15.5. The molecule has 0 bridgehead atoms. The highest BCUT2D eigenvalue weighted by Crippen LogP contribution is 2.34. The summed E-state index contributed by atoms with van der Waals surface area (Å²) in [6.45, 7) is 2.07. The molecular formula is C19H16FNOS. The van der Waals surface area contributed by atoms with Crippen molar-refractivity contribution in [3.05, 3.63) is 64.8 Å². The van der Waals surface area contributed by atoms with Crippen LogP contribution in [0.3, 0.4) is 0 Å². The second-order valence-corrected chi connectivity index (χ2v) is 7.04. The van der Waals surface area contributed by atoms with E-state index in [2.05, 4.69) is 13.0 Å². The predicted molar refractivity (Wildman–Crippen MR) is 92.8 cm³/mol. The Kier molecular flexibility index (Phi) is 3.42. The standard InChI is InChI=1S/C19H16FNOS/c1-12-9-10-13-5-2-3-7-16(13)21(12)19(22)18-11-14-15(20)6-4-8-17(14)23-18/h2-8,11-12H,9-10H2,1H3/t12-/m0/s1. The molecule has 1 amide bonds. The number of fused-ring (bicyclic) bond motifs is 2. The average Bonchev–Trinajstić information content (AvgIpc) is 3.00. The maximum absolute atomic E-state index is 13.9. The molecule has 0 unspecified atom stereocenters. The SMILES string of the molecule is C[C@H]1CCc2ccccc2N1C(=O)c1cc2c(F)cccc2s1. The maximum atomic E-state index is 13.9. The van der Waals surface area contributed by atoms with Crippen LogP contribution < -0.4 is 4.90 Å². The van der Waals surface area contributed by atoms with Gasteiger partial charge in [0.05, 0.1) is 4.88 Å². The number of para-hydroxylation sites is 1. The molecule has 3 aromatic rings. The Labute approximate surface area is 138 Å². The molecule has 2 aromatic carbocycles. The van der Waals surface area contributed by atoms with Gasteiger partial charge in [0.25, 0.3) is 5.91 Å². The van der Waals surface area contributed by atoms with Crippen LogP contribution in [0.1, 0.15) is 28.6 Å². The zero-order valence-electron chi connectivity index (χ0n) is 12.8. The fourth-order valence-corrected chi connectivity index (χ4v) is 4.26. The molecule has 0 N–H and O–H groups in total. The second kappa shape index (κ2) is 5.46. The average molecular weight is 325 g/mol. The lowest BCUT2D eigenvalue weighted by molar-refractivity contribution is 0.0979. The van der Waals surface area contributed by atoms with E-state index >= 15 is 0 Å². The molecule has 0 fully saturated rings. The quantitative estimate of drug-likeness (QED) is 0.615. The Morgan fingerprint density at radius 2 is 2.04 bits per heavy atom. The number of thiophene rings is 1. The number of carbonyl (C=O) groups is 1. The first-order valence-corrected chi connectivity index (χ1v) is 8.56. The van der Waals surface area contributed by atoms with Crippen molar-refractivity contribution in [3.8, 4) is 0 Å². The summed E-state index contributed by atoms with van der Waals surface area (Å²) >= 11 is 1.36. The summed E-state index contributed by atoms with van der Waals surface area (Å²) in [6.07, 6.45) is 1.93. The third-order valence-corrected chi connectivity index (χ3v) is 5.55. The minimum atomic E-state index is -0.273. The van der Waals surface area contributed by atoms with Gasteiger partial charge in [-0.3, -0.25) is 4.79 Å². The van der Waals surface area contributed by atoms with Gasteiger partial charge in [-0.25, -0.2) is 4.39 Å². The lowest BCUT2D eigenvalue weighted by Gasteiger charge is -2.35. The van der Waals surface area contributed by atoms with Crippen molar-refractivity contribution in [1.29, 1.82) is 0 Å². The van der Waals surface area contributed by atoms with Crippen LogP contribution in [0, 0.1) is 5.82 Å². The van der Waals surface area contributed by atoms with E-state index in [9.17, 15) is 9.18 Å². The highest BCUT2D eigenvalue weighted by Gasteiger charge is 2.29. The molecule has 4 heteroatoms. The summed E-state index contributed by atoms with van der Waals surface area (Å²) in [5, 5.41) is 0.527. The van der Waals surface area contributed by atoms with Crippen molar-refractivity contribution < 1.29 is 9.18 Å². The molecule has 0 spiro atoms. The van der Waals surface area contributed by atoms with E-state index in [1.165, 1.54) is 23.0 Å². The Morgan fingerprint density at radius 3 is 2.87 bits per heavy atom. The van der Waals surface area contributed by atoms with Crippen molar-refractivity contribution >= 4 is 33.0 Å². The number of hydrogen-bond donors (Lipinski definition) is 0. The predicted octanol–water partition coefficient (Wildman–Crippen LogP) is 5.02. The number of carbonyl (C=O) groups excluding carboxylic acids is 1. The van der Waals surface area contributed by atoms with Gasteiger partial charge >= 0.3 is 0 Å². The molecule has 4 rings (SSSR count). The fourth-order valence-electron chi connectivity index (χ4n) is 3.25. The summed E-state index contributed by atoms with van der Waals surface area (Å²) in [5.41, 5.74) is 2.18. The topological polar surface area (TPSA) is 20.3 Å². The van der Waals surface area contributed by atoms with Crippen molar-refractivity contribution in [2.75, 3.05) is 4.90 Å². The zero-order valence-corrected chi connectivity index (χ0v) is 13.6. The molecule has 2 heterocycles. The molecule has 0 aliphatic carbocycles. The smallest absolute Gasteiger partial charge is 0.268 e. The third kappa shape index (κ3) is 2.34. The minimum absolute atomic E-state index is 0.0368. The molecule has 1 aliphatic rings. The first kappa shape index (κ1) is 14.4. The van der Waals surface area contributed by atoms with Crippen molar-refractivity contribution in [2.45, 2.75) is 25.8 Å². The first-order chi connectivity index (χ1) is 11.1. The largest absolute Gasteiger partial charge is 0.305 e. The van der Waals surface area contributed by atoms with E-state index in [1.54, 1.807) is 12.1 Å². The van der Waals surface area contributed by atoms with Crippen molar-refractivity contribution in [2.24, 2.45) is 0 Å². The number of nitrogens with zero attached hydrogens (tertiary/aromatic N) is 1. The van der Waals surface area contributed by atoms with E-state index in [4.69, 9.17) is 0 Å². The summed E-state index contributed by atoms with van der Waals surface area (Å²) < 4.78 is 14.7. The third-order valence-electron chi connectivity index (χ3n) is 4.46. The zero-order chi connectivity index (χ0) is 16.0. The molecule has 23 heavy (non-hydrogen) atoms. The number of benzene rings is 2. The maximum Gasteiger partial charge on any atom is 0.268 e. The lowest BCUT2D eigenvalue weighted by atomic mass is 9.96. The Morgan fingerprint density at radius 1 is 1.22 bits per heavy atom. The van der Waals surface area contributed by atoms with E-state index < -0.39 is 0 Å². The Bertz CT molecular complexity index is 901. The van der Waals surface area contributed by atoms with Crippen LogP contribution in [0.4, 0.5) is 10.1 Å². The fraction of sp³-hybridized carbons (Fsp3) is 0.211. The molecule has 0 radical (unpaired) electrons. The normalized spacial score (nSPS) is 17.3. The van der Waals surface area contributed by atoms with Gasteiger partial charge in [-0.1, -0.05) is 24.3 Å². The van der Waals surface area contributed by atoms with Crippen LogP contribution >= 0.6 is 11.3 Å². The number of aryl methyl sites for hydroxylation is 1. The van der Waals surface area contributed by atoms with E-state index in [1.807, 2.05) is 29.2 Å². The molecule has 1 atom stereocenters. The van der Waals surface area contributed by atoms with Crippen LogP contribution in [-0.4, -0.2) is 11.9 Å². The van der Waals surface area contributed by atoms with E-state index in [-0.39, 0.29) is 17.8 Å². The molecule has 1 aliphatic heterocycles. The highest BCUT2D eigenvalue weighted by atomic mass is 32.1. The monoisotopic (exact) mass is 325 g/mol. The van der Waals surface area contributed by atoms with Crippen LogP contribution in [-0.2, 0) is 6.42 Å². The lowest BCUT2D eigenvalue weighted by Crippen LogP contribution is -2.41. The Balaban J connectivity index is 1.80. The van der Waals surface area contributed by atoms with Crippen LogP contribution in [0.25, 0.3) is 10.1 Å². The minimum Gasteiger partial charge on any atom is -0.305 e. The van der Waals surface area contributed by atoms with Gasteiger partial charge in [0.2, 0.25) is 0 Å². The van der Waals surface area contributed by atoms with Gasteiger partial charge < -0.3 is 4.90 Å². The molecule has 0 saturated heterocycles. The molecule has 1 aromatic heterocycles. The molecular weight excluding hydrogens is 309 g/mol. The van der Waals surface area contributed by atoms with Gasteiger partial charge in [0, 0.05) is 21.8 Å². The van der Waals surface area contributed by atoms with Crippen molar-refractivity contribution in [3.63, 3.8) is 0 Å². The summed E-state index contributed by atoms with van der Waals surface area (Å²) in [7, 11) is 0. The van der Waals surface area contributed by atoms with Gasteiger partial charge in [-0.05, 0) is 49.6 Å². The van der Waals surface area contributed by atoms with Crippen LogP contribution in [0.15, 0.2) is 48.5 Å². The molecule has 116 valence electrons. The number of anilines is 1. The summed E-state index contributed by atoms with van der Waals surface area (Å²) in [5.74, 6) is -0.310. The number of hydrogen-bond acceptors (Lipinski definition) is 2. The second-order valence-electron chi connectivity index (χ2n) is 5.95. The number of rotatable bonds is 1. The van der Waals surface area contributed by atoms with Crippen LogP contribution in [0.5, 0.6) is 0 Å². The van der Waals surface area contributed by atoms with E-state index in [0.29, 0.717) is 10.3 Å². The van der Waals surface area contributed by atoms with Gasteiger partial charge in [0.1, 0.15) is 5.82 Å². The Hall–Kier alpha value is -2.20. The summed E-state index contributed by atoms with van der Waals surface area (Å²) in [6, 6.07) is 14.8. The first-order valence-electron chi connectivity index (χ1n) is 7.74. The van der Waals surface area contributed by atoms with Gasteiger partial charge in [-0.15, -0.1) is 11.3 Å². The molecule has 2 nitrogen and oxygen atoms in total. The number of amides is 1. The van der Waals surface area contributed by atoms with Crippen molar-refractivity contribution in [1.82, 2.24) is 0 Å². The van der Waals surface area contributed by atoms with Gasteiger partial charge in [0.15, 0.2) is 0 Å². The molecule has 0 saturated carbocycles. The van der Waals surface area contributed by atoms with Crippen LogP contribution in [0.2, 0.25) is 0 Å². The highest BCUT2D eigenvalue weighted by molar-refractivity contribution is 7.20. The number of halogens is 1.